The number of nitrogens with one attached hydrogen (secondary N) is 2. The lowest BCUT2D eigenvalue weighted by molar-refractivity contribution is -0.119. The molecule has 0 bridgehead atoms. The van der Waals surface area contributed by atoms with Crippen molar-refractivity contribution in [2.75, 3.05) is 16.6 Å². The number of hydrogen-bond donors (Lipinski definition) is 2. The highest BCUT2D eigenvalue weighted by Crippen LogP contribution is 2.31. The summed E-state index contributed by atoms with van der Waals surface area (Å²) in [7, 11) is -2.46. The molecular formula is C30H25N5O6S. The highest BCUT2D eigenvalue weighted by molar-refractivity contribution is 7.92. The minimum absolute atomic E-state index is 0.0137. The van der Waals surface area contributed by atoms with Crippen molar-refractivity contribution in [3.8, 4) is 11.1 Å². The molecule has 11 nitrogen and oxygen atoms in total. The van der Waals surface area contributed by atoms with E-state index in [-0.39, 0.29) is 27.8 Å². The number of rotatable bonds is 8. The largest absolute Gasteiger partial charge is 0.451 e. The molecule has 1 amide bonds. The third kappa shape index (κ3) is 5.88. The number of benzene rings is 3. The number of carbonyl (C=O) groups is 2. The second kappa shape index (κ2) is 11.6. The summed E-state index contributed by atoms with van der Waals surface area (Å²) < 4.78 is 34.0. The van der Waals surface area contributed by atoms with Gasteiger partial charge in [-0.3, -0.25) is 9.59 Å². The van der Waals surface area contributed by atoms with Gasteiger partial charge >= 0.3 is 5.97 Å². The molecular weight excluding hydrogens is 558 g/mol. The van der Waals surface area contributed by atoms with E-state index in [2.05, 4.69) is 20.0 Å². The first-order chi connectivity index (χ1) is 20.1. The van der Waals surface area contributed by atoms with Crippen LogP contribution >= 0.6 is 0 Å². The predicted molar refractivity (Wildman–Crippen MR) is 158 cm³/mol. The second-order valence-electron chi connectivity index (χ2n) is 9.33. The van der Waals surface area contributed by atoms with Gasteiger partial charge in [0.1, 0.15) is 5.69 Å². The number of ether oxygens (including phenoxy) is 1. The summed E-state index contributed by atoms with van der Waals surface area (Å²) in [5.74, 6) is -1.58. The molecule has 0 radical (unpaired) electrons. The molecule has 5 aromatic rings. The topological polar surface area (TPSA) is 149 Å². The van der Waals surface area contributed by atoms with Crippen LogP contribution < -0.4 is 15.6 Å². The first-order valence-electron chi connectivity index (χ1n) is 12.7. The van der Waals surface area contributed by atoms with E-state index in [1.807, 2.05) is 31.2 Å². The minimum atomic E-state index is -3.95. The van der Waals surface area contributed by atoms with Gasteiger partial charge in [0, 0.05) is 36.1 Å². The maximum Gasteiger partial charge on any atom is 0.356 e. The standard InChI is InChI=1S/C30H25N5O6S/c1-19-8-10-20(11-9-19)26-23-6-3-4-7-24(23)28(37)35(2)27(26)29(38)41-18-25(36)33-21-12-14-22(15-13-21)42(39,40)34-30-31-16-5-17-32-30/h3-17H,18H2,1-2H3,(H,33,36)(H,31,32,34). The molecule has 0 atom stereocenters. The molecule has 0 saturated carbocycles. The Morgan fingerprint density at radius 3 is 2.19 bits per heavy atom. The van der Waals surface area contributed by atoms with Crippen LogP contribution in [0.15, 0.2) is 101 Å². The van der Waals surface area contributed by atoms with Crippen LogP contribution in [0.1, 0.15) is 16.1 Å². The molecule has 0 aliphatic rings. The van der Waals surface area contributed by atoms with Crippen molar-refractivity contribution in [3.63, 3.8) is 0 Å². The third-order valence-electron chi connectivity index (χ3n) is 6.41. The lowest BCUT2D eigenvalue weighted by atomic mass is 9.96. The van der Waals surface area contributed by atoms with Crippen molar-refractivity contribution in [2.24, 2.45) is 7.05 Å². The van der Waals surface area contributed by atoms with Crippen LogP contribution in [0.4, 0.5) is 11.6 Å². The summed E-state index contributed by atoms with van der Waals surface area (Å²) >= 11 is 0. The van der Waals surface area contributed by atoms with Crippen LogP contribution in [-0.2, 0) is 26.6 Å². The fourth-order valence-electron chi connectivity index (χ4n) is 4.36. The Labute approximate surface area is 240 Å². The Balaban J connectivity index is 1.33. The molecule has 12 heteroatoms. The molecule has 0 aliphatic heterocycles. The molecule has 42 heavy (non-hydrogen) atoms. The molecule has 0 fully saturated rings. The lowest BCUT2D eigenvalue weighted by Crippen LogP contribution is -2.28. The molecule has 3 aromatic carbocycles. The molecule has 0 spiro atoms. The minimum Gasteiger partial charge on any atom is -0.451 e. The summed E-state index contributed by atoms with van der Waals surface area (Å²) in [6.07, 6.45) is 2.80. The van der Waals surface area contributed by atoms with Gasteiger partial charge in [-0.2, -0.15) is 0 Å². The maximum absolute atomic E-state index is 13.3. The number of nitrogens with zero attached hydrogens (tertiary/aromatic N) is 3. The van der Waals surface area contributed by atoms with Crippen LogP contribution in [0.25, 0.3) is 21.9 Å². The monoisotopic (exact) mass is 583 g/mol. The fourth-order valence-corrected chi connectivity index (χ4v) is 5.32. The SMILES string of the molecule is Cc1ccc(-c2c(C(=O)OCC(=O)Nc3ccc(S(=O)(=O)Nc4ncccn4)cc3)n(C)c(=O)c3ccccc23)cc1. The summed E-state index contributed by atoms with van der Waals surface area (Å²) in [6, 6.07) is 21.4. The molecule has 212 valence electrons. The van der Waals surface area contributed by atoms with Crippen LogP contribution in [-0.4, -0.2) is 41.4 Å². The van der Waals surface area contributed by atoms with Crippen LogP contribution in [0.5, 0.6) is 0 Å². The molecule has 0 aliphatic carbocycles. The van der Waals surface area contributed by atoms with E-state index in [0.29, 0.717) is 21.9 Å². The average Bonchev–Trinajstić information content (AvgIpc) is 2.99. The Bertz CT molecular complexity index is 1960. The van der Waals surface area contributed by atoms with Crippen molar-refractivity contribution in [1.82, 2.24) is 14.5 Å². The van der Waals surface area contributed by atoms with Crippen molar-refractivity contribution in [1.29, 1.82) is 0 Å². The molecule has 5 rings (SSSR count). The van der Waals surface area contributed by atoms with Gasteiger partial charge in [0.15, 0.2) is 6.61 Å². The smallest absolute Gasteiger partial charge is 0.356 e. The fraction of sp³-hybridized carbons (Fsp3) is 0.100. The summed E-state index contributed by atoms with van der Waals surface area (Å²) in [5.41, 5.74) is 2.18. The van der Waals surface area contributed by atoms with Crippen LogP contribution in [0, 0.1) is 6.92 Å². The van der Waals surface area contributed by atoms with Gasteiger partial charge in [-0.25, -0.2) is 27.9 Å². The van der Waals surface area contributed by atoms with Gasteiger partial charge in [0.25, 0.3) is 21.5 Å². The molecule has 0 unspecified atom stereocenters. The van der Waals surface area contributed by atoms with E-state index in [9.17, 15) is 22.8 Å². The Morgan fingerprint density at radius 2 is 1.52 bits per heavy atom. The van der Waals surface area contributed by atoms with Crippen molar-refractivity contribution >= 4 is 44.3 Å². The highest BCUT2D eigenvalue weighted by atomic mass is 32.2. The predicted octanol–water partition coefficient (Wildman–Crippen LogP) is 3.90. The van der Waals surface area contributed by atoms with Gasteiger partial charge in [-0.1, -0.05) is 48.0 Å². The van der Waals surface area contributed by atoms with E-state index in [0.717, 1.165) is 5.56 Å². The van der Waals surface area contributed by atoms with E-state index in [1.54, 1.807) is 30.3 Å². The average molecular weight is 584 g/mol. The third-order valence-corrected chi connectivity index (χ3v) is 7.76. The van der Waals surface area contributed by atoms with Crippen molar-refractivity contribution < 1.29 is 22.7 Å². The zero-order valence-corrected chi connectivity index (χ0v) is 23.4. The van der Waals surface area contributed by atoms with Crippen molar-refractivity contribution in [2.45, 2.75) is 11.8 Å². The molecule has 0 saturated heterocycles. The quantitative estimate of drug-likeness (QED) is 0.261. The van der Waals surface area contributed by atoms with Crippen LogP contribution in [0.2, 0.25) is 0 Å². The van der Waals surface area contributed by atoms with E-state index < -0.39 is 28.5 Å². The van der Waals surface area contributed by atoms with Gasteiger partial charge in [-0.05, 0) is 54.3 Å². The lowest BCUT2D eigenvalue weighted by Gasteiger charge is -2.17. The summed E-state index contributed by atoms with van der Waals surface area (Å²) in [4.78, 5) is 46.7. The van der Waals surface area contributed by atoms with E-state index in [4.69, 9.17) is 4.74 Å². The zero-order valence-electron chi connectivity index (χ0n) is 22.6. The number of anilines is 2. The zero-order chi connectivity index (χ0) is 29.9. The van der Waals surface area contributed by atoms with Gasteiger partial charge in [0.2, 0.25) is 5.95 Å². The number of amides is 1. The first kappa shape index (κ1) is 28.2. The summed E-state index contributed by atoms with van der Waals surface area (Å²) in [5, 5.41) is 3.59. The number of carbonyl (C=O) groups excluding carboxylic acids is 2. The Morgan fingerprint density at radius 1 is 0.881 bits per heavy atom. The number of sulfonamides is 1. The molecule has 2 N–H and O–H groups in total. The number of fused-ring (bicyclic) bond motifs is 1. The Kier molecular flexibility index (Phi) is 7.80. The normalized spacial score (nSPS) is 11.2. The molecule has 2 aromatic heterocycles. The Hall–Kier alpha value is -5.36. The maximum atomic E-state index is 13.3. The summed E-state index contributed by atoms with van der Waals surface area (Å²) in [6.45, 7) is 1.31. The number of esters is 1. The number of aryl methyl sites for hydroxylation is 1. The second-order valence-corrected chi connectivity index (χ2v) is 11.0. The number of hydrogen-bond acceptors (Lipinski definition) is 8. The number of aromatic nitrogens is 3. The van der Waals surface area contributed by atoms with Gasteiger partial charge in [0.05, 0.1) is 4.90 Å². The first-order valence-corrected chi connectivity index (χ1v) is 14.2. The molecule has 2 heterocycles. The van der Waals surface area contributed by atoms with Gasteiger partial charge in [-0.15, -0.1) is 0 Å². The highest BCUT2D eigenvalue weighted by Gasteiger charge is 2.24. The number of pyridine rings is 1. The van der Waals surface area contributed by atoms with E-state index in [1.165, 1.54) is 48.3 Å². The van der Waals surface area contributed by atoms with Crippen molar-refractivity contribution in [3.05, 3.63) is 113 Å². The van der Waals surface area contributed by atoms with E-state index >= 15 is 0 Å². The van der Waals surface area contributed by atoms with Gasteiger partial charge < -0.3 is 14.6 Å². The van der Waals surface area contributed by atoms with Crippen LogP contribution in [0.3, 0.4) is 0 Å².